The van der Waals surface area contributed by atoms with Gasteiger partial charge in [-0.25, -0.2) is 0 Å². The zero-order chi connectivity index (χ0) is 23.0. The molecule has 164 valence electrons. The third kappa shape index (κ3) is 2.55. The minimum Gasteiger partial charge on any atom is -0.335 e. The summed E-state index contributed by atoms with van der Waals surface area (Å²) < 4.78 is 4.86. The number of fused-ring (bicyclic) bond motifs is 8. The molecule has 7 rings (SSSR count). The highest BCUT2D eigenvalue weighted by molar-refractivity contribution is 6.25. The number of nitrogens with zero attached hydrogens (tertiary/aromatic N) is 3. The fourth-order valence-electron chi connectivity index (χ4n) is 5.74. The number of hydrogen-bond acceptors (Lipinski definition) is 1. The summed E-state index contributed by atoms with van der Waals surface area (Å²) in [5.41, 5.74) is 5.99. The van der Waals surface area contributed by atoms with Gasteiger partial charge in [0, 0.05) is 38.8 Å². The smallest absolute Gasteiger partial charge is 0.0645 e. The minimum atomic E-state index is -0.0487. The largest absolute Gasteiger partial charge is 0.335 e. The summed E-state index contributed by atoms with van der Waals surface area (Å²) in [5.74, 6) is 0. The average Bonchev–Trinajstić information content (AvgIpc) is 3.35. The van der Waals surface area contributed by atoms with Crippen molar-refractivity contribution >= 4 is 54.4 Å². The Morgan fingerprint density at radius 3 is 2.21 bits per heavy atom. The lowest BCUT2D eigenvalue weighted by Crippen LogP contribution is -2.21. The lowest BCUT2D eigenvalue weighted by molar-refractivity contribution is 0.423. The standard InChI is InChI=1S/C31H25N3/c1-31(2,3)34-26-13-7-6-12-23(26)24-17-25-28(18-29(24)34)33(21-10-8-16-32-19-21)27-15-14-20-9-4-5-11-22(20)30(25)27/h4-19H,1-3H3. The van der Waals surface area contributed by atoms with E-state index in [9.17, 15) is 0 Å². The second-order valence-electron chi connectivity index (χ2n) is 10.1. The highest BCUT2D eigenvalue weighted by Gasteiger charge is 2.23. The van der Waals surface area contributed by atoms with Gasteiger partial charge in [0.25, 0.3) is 0 Å². The third-order valence-electron chi connectivity index (χ3n) is 7.02. The van der Waals surface area contributed by atoms with Crippen LogP contribution in [0.25, 0.3) is 60.1 Å². The van der Waals surface area contributed by atoms with Crippen LogP contribution in [0, 0.1) is 0 Å². The van der Waals surface area contributed by atoms with Gasteiger partial charge in [-0.15, -0.1) is 0 Å². The summed E-state index contributed by atoms with van der Waals surface area (Å²) >= 11 is 0. The molecule has 7 aromatic rings. The summed E-state index contributed by atoms with van der Waals surface area (Å²) in [6.45, 7) is 6.85. The summed E-state index contributed by atoms with van der Waals surface area (Å²) in [5, 5.41) is 7.73. The highest BCUT2D eigenvalue weighted by atomic mass is 15.1. The molecule has 0 unspecified atom stereocenters. The summed E-state index contributed by atoms with van der Waals surface area (Å²) in [6.07, 6.45) is 3.79. The Bertz CT molecular complexity index is 1880. The van der Waals surface area contributed by atoms with Crippen LogP contribution in [0.4, 0.5) is 0 Å². The Balaban J connectivity index is 1.78. The Kier molecular flexibility index (Phi) is 3.82. The van der Waals surface area contributed by atoms with Gasteiger partial charge in [-0.05, 0) is 67.9 Å². The van der Waals surface area contributed by atoms with Crippen LogP contribution < -0.4 is 0 Å². The van der Waals surface area contributed by atoms with Crippen molar-refractivity contribution in [2.24, 2.45) is 0 Å². The van der Waals surface area contributed by atoms with E-state index in [1.165, 1.54) is 54.4 Å². The number of aromatic nitrogens is 3. The van der Waals surface area contributed by atoms with Crippen LogP contribution in [-0.4, -0.2) is 14.1 Å². The van der Waals surface area contributed by atoms with E-state index in [-0.39, 0.29) is 5.54 Å². The fraction of sp³-hybridized carbons (Fsp3) is 0.129. The molecule has 0 aliphatic heterocycles. The molecule has 0 aliphatic rings. The maximum absolute atomic E-state index is 4.44. The molecule has 3 nitrogen and oxygen atoms in total. The Labute approximate surface area is 197 Å². The van der Waals surface area contributed by atoms with E-state index >= 15 is 0 Å². The van der Waals surface area contributed by atoms with Crippen molar-refractivity contribution < 1.29 is 0 Å². The van der Waals surface area contributed by atoms with Crippen LogP contribution in [0.1, 0.15) is 20.8 Å². The van der Waals surface area contributed by atoms with Crippen LogP contribution in [0.2, 0.25) is 0 Å². The predicted molar refractivity (Wildman–Crippen MR) is 144 cm³/mol. The maximum atomic E-state index is 4.44. The van der Waals surface area contributed by atoms with Crippen LogP contribution in [-0.2, 0) is 5.54 Å². The van der Waals surface area contributed by atoms with E-state index in [1.54, 1.807) is 0 Å². The van der Waals surface area contributed by atoms with E-state index in [0.29, 0.717) is 0 Å². The van der Waals surface area contributed by atoms with Crippen LogP contribution in [0.5, 0.6) is 0 Å². The van der Waals surface area contributed by atoms with Crippen molar-refractivity contribution in [2.45, 2.75) is 26.3 Å². The molecule has 0 saturated carbocycles. The lowest BCUT2D eigenvalue weighted by atomic mass is 10.0. The topological polar surface area (TPSA) is 22.8 Å². The van der Waals surface area contributed by atoms with Gasteiger partial charge in [0.05, 0.1) is 28.4 Å². The number of hydrogen-bond donors (Lipinski definition) is 0. The first-order valence-corrected chi connectivity index (χ1v) is 11.8. The molecule has 0 spiro atoms. The van der Waals surface area contributed by atoms with E-state index in [0.717, 1.165) is 5.69 Å². The zero-order valence-corrected chi connectivity index (χ0v) is 19.6. The first-order chi connectivity index (χ1) is 16.5. The molecule has 3 heterocycles. The first kappa shape index (κ1) is 19.4. The molecule has 0 aliphatic carbocycles. The molecule has 4 aromatic carbocycles. The van der Waals surface area contributed by atoms with Crippen LogP contribution >= 0.6 is 0 Å². The van der Waals surface area contributed by atoms with Crippen molar-refractivity contribution in [3.05, 3.63) is 97.3 Å². The molecular formula is C31H25N3. The summed E-state index contributed by atoms with van der Waals surface area (Å²) in [7, 11) is 0. The highest BCUT2D eigenvalue weighted by Crippen LogP contribution is 2.42. The Morgan fingerprint density at radius 1 is 0.618 bits per heavy atom. The quantitative estimate of drug-likeness (QED) is 0.253. The SMILES string of the molecule is CC(C)(C)n1c2ccccc2c2cc3c4c5ccccc5ccc4n(-c4cccnc4)c3cc21. The number of pyridine rings is 1. The maximum Gasteiger partial charge on any atom is 0.0645 e. The molecule has 0 N–H and O–H groups in total. The molecule has 0 amide bonds. The number of para-hydroxylation sites is 1. The molecule has 0 fully saturated rings. The van der Waals surface area contributed by atoms with Gasteiger partial charge < -0.3 is 9.13 Å². The van der Waals surface area contributed by atoms with Crippen molar-refractivity contribution in [1.29, 1.82) is 0 Å². The van der Waals surface area contributed by atoms with E-state index in [2.05, 4.69) is 114 Å². The van der Waals surface area contributed by atoms with Gasteiger partial charge >= 0.3 is 0 Å². The van der Waals surface area contributed by atoms with Crippen molar-refractivity contribution in [3.8, 4) is 5.69 Å². The number of rotatable bonds is 1. The Morgan fingerprint density at radius 2 is 1.41 bits per heavy atom. The van der Waals surface area contributed by atoms with Gasteiger partial charge in [-0.1, -0.05) is 48.5 Å². The minimum absolute atomic E-state index is 0.0487. The molecule has 0 saturated heterocycles. The van der Waals surface area contributed by atoms with Crippen molar-refractivity contribution in [2.75, 3.05) is 0 Å². The van der Waals surface area contributed by atoms with Crippen molar-refractivity contribution in [3.63, 3.8) is 0 Å². The van der Waals surface area contributed by atoms with Crippen LogP contribution in [0.3, 0.4) is 0 Å². The van der Waals surface area contributed by atoms with Gasteiger partial charge in [0.2, 0.25) is 0 Å². The molecule has 3 heteroatoms. The molecule has 0 radical (unpaired) electrons. The monoisotopic (exact) mass is 439 g/mol. The molecule has 0 bridgehead atoms. The zero-order valence-electron chi connectivity index (χ0n) is 19.6. The van der Waals surface area contributed by atoms with Crippen LogP contribution in [0.15, 0.2) is 97.3 Å². The van der Waals surface area contributed by atoms with Gasteiger partial charge in [-0.3, -0.25) is 4.98 Å². The molecule has 34 heavy (non-hydrogen) atoms. The molecule has 3 aromatic heterocycles. The second kappa shape index (κ2) is 6.71. The third-order valence-corrected chi connectivity index (χ3v) is 7.02. The first-order valence-electron chi connectivity index (χ1n) is 11.8. The van der Waals surface area contributed by atoms with Gasteiger partial charge in [0.15, 0.2) is 0 Å². The fourth-order valence-corrected chi connectivity index (χ4v) is 5.74. The average molecular weight is 440 g/mol. The van der Waals surface area contributed by atoms with Crippen molar-refractivity contribution in [1.82, 2.24) is 14.1 Å². The number of benzene rings is 4. The summed E-state index contributed by atoms with van der Waals surface area (Å²) in [6, 6.07) is 30.9. The van der Waals surface area contributed by atoms with E-state index in [4.69, 9.17) is 0 Å². The van der Waals surface area contributed by atoms with E-state index < -0.39 is 0 Å². The summed E-state index contributed by atoms with van der Waals surface area (Å²) in [4.78, 5) is 4.44. The van der Waals surface area contributed by atoms with E-state index in [1.807, 2.05) is 18.5 Å². The molecular weight excluding hydrogens is 414 g/mol. The predicted octanol–water partition coefficient (Wildman–Crippen LogP) is 8.19. The van der Waals surface area contributed by atoms with Gasteiger partial charge in [-0.2, -0.15) is 0 Å². The molecule has 0 atom stereocenters. The van der Waals surface area contributed by atoms with Gasteiger partial charge in [0.1, 0.15) is 0 Å². The normalized spacial score (nSPS) is 12.6. The lowest BCUT2D eigenvalue weighted by Gasteiger charge is -2.24. The second-order valence-corrected chi connectivity index (χ2v) is 10.1. The Hall–Kier alpha value is -4.11.